The van der Waals surface area contributed by atoms with Crippen LogP contribution in [0.1, 0.15) is 29.9 Å². The number of amides is 1. The molecule has 0 aliphatic heterocycles. The Morgan fingerprint density at radius 2 is 1.93 bits per heavy atom. The van der Waals surface area contributed by atoms with Crippen LogP contribution in [-0.4, -0.2) is 46.9 Å². The van der Waals surface area contributed by atoms with Crippen molar-refractivity contribution in [2.45, 2.75) is 20.8 Å². The number of aromatic nitrogens is 3. The van der Waals surface area contributed by atoms with Crippen molar-refractivity contribution in [3.63, 3.8) is 0 Å². The van der Waals surface area contributed by atoms with E-state index in [1.807, 2.05) is 0 Å². The number of hydrogen-bond acceptors (Lipinski definition) is 3. The van der Waals surface area contributed by atoms with Crippen LogP contribution >= 0.6 is 11.6 Å². The number of pyridine rings is 1. The van der Waals surface area contributed by atoms with Gasteiger partial charge in [0.15, 0.2) is 5.65 Å². The number of benzene rings is 1. The number of quaternary nitrogens is 1. The summed E-state index contributed by atoms with van der Waals surface area (Å²) in [4.78, 5) is 18.4. The highest BCUT2D eigenvalue weighted by Crippen LogP contribution is 2.29. The first-order chi connectivity index (χ1) is 13.5. The molecule has 0 spiro atoms. The van der Waals surface area contributed by atoms with Crippen LogP contribution in [0.25, 0.3) is 16.7 Å². The molecule has 6 nitrogen and oxygen atoms in total. The Morgan fingerprint density at radius 3 is 2.57 bits per heavy atom. The number of carbonyl (C=O) groups is 1. The van der Waals surface area contributed by atoms with Gasteiger partial charge in [0.25, 0.3) is 5.91 Å². The van der Waals surface area contributed by atoms with Crippen molar-refractivity contribution in [2.24, 2.45) is 0 Å². The largest absolute Gasteiger partial charge is 0.346 e. The lowest BCUT2D eigenvalue weighted by molar-refractivity contribution is -0.895. The molecule has 28 heavy (non-hydrogen) atoms. The number of aryl methyl sites for hydroxylation is 1. The Balaban J connectivity index is 1.88. The Bertz CT molecular complexity index is 982. The molecule has 1 aromatic carbocycles. The number of halogens is 2. The fraction of sp³-hybridized carbons (Fsp3) is 0.350. The molecular weight excluding hydrogens is 381 g/mol. The van der Waals surface area contributed by atoms with Crippen LogP contribution in [0.4, 0.5) is 4.39 Å². The van der Waals surface area contributed by atoms with Gasteiger partial charge in [-0.3, -0.25) is 4.79 Å². The van der Waals surface area contributed by atoms with Gasteiger partial charge < -0.3 is 10.2 Å². The fourth-order valence-corrected chi connectivity index (χ4v) is 3.54. The van der Waals surface area contributed by atoms with Crippen LogP contribution in [-0.2, 0) is 0 Å². The molecule has 0 aliphatic carbocycles. The summed E-state index contributed by atoms with van der Waals surface area (Å²) in [6.07, 6.45) is 1.46. The van der Waals surface area contributed by atoms with Crippen molar-refractivity contribution in [3.05, 3.63) is 52.6 Å². The molecule has 0 saturated heterocycles. The Hall–Kier alpha value is -2.51. The molecule has 0 fully saturated rings. The average Bonchev–Trinajstić information content (AvgIpc) is 3.03. The third-order valence-corrected chi connectivity index (χ3v) is 5.28. The smallest absolute Gasteiger partial charge is 0.254 e. The number of fused-ring (bicyclic) bond motifs is 1. The first-order valence-electron chi connectivity index (χ1n) is 9.37. The molecule has 2 aromatic heterocycles. The third kappa shape index (κ3) is 4.00. The molecule has 0 saturated carbocycles. The van der Waals surface area contributed by atoms with Crippen LogP contribution in [0.2, 0.25) is 5.02 Å². The van der Waals surface area contributed by atoms with Gasteiger partial charge in [-0.1, -0.05) is 11.6 Å². The van der Waals surface area contributed by atoms with Crippen molar-refractivity contribution < 1.29 is 14.1 Å². The second-order valence-corrected chi connectivity index (χ2v) is 7.00. The lowest BCUT2D eigenvalue weighted by atomic mass is 10.2. The predicted octanol–water partition coefficient (Wildman–Crippen LogP) is 2.18. The maximum Gasteiger partial charge on any atom is 0.254 e. The minimum atomic E-state index is -0.326. The summed E-state index contributed by atoms with van der Waals surface area (Å²) in [6.45, 7) is 9.51. The highest BCUT2D eigenvalue weighted by Gasteiger charge is 2.20. The predicted molar refractivity (Wildman–Crippen MR) is 108 cm³/mol. The summed E-state index contributed by atoms with van der Waals surface area (Å²) in [5.74, 6) is -0.576. The van der Waals surface area contributed by atoms with E-state index in [4.69, 9.17) is 11.6 Å². The van der Waals surface area contributed by atoms with E-state index in [-0.39, 0.29) is 11.7 Å². The molecule has 0 radical (unpaired) electrons. The molecule has 0 atom stereocenters. The topological polar surface area (TPSA) is 64.2 Å². The van der Waals surface area contributed by atoms with E-state index in [9.17, 15) is 9.18 Å². The summed E-state index contributed by atoms with van der Waals surface area (Å²) < 4.78 is 14.8. The van der Waals surface area contributed by atoms with Crippen molar-refractivity contribution >= 4 is 28.5 Å². The summed E-state index contributed by atoms with van der Waals surface area (Å²) in [7, 11) is 0. The maximum atomic E-state index is 13.2. The lowest BCUT2D eigenvalue weighted by Gasteiger charge is -2.15. The number of likely N-dealkylation sites (N-methyl/N-ethyl adjacent to an activating group) is 1. The number of rotatable bonds is 7. The molecule has 3 rings (SSSR count). The van der Waals surface area contributed by atoms with E-state index in [0.29, 0.717) is 39.5 Å². The van der Waals surface area contributed by atoms with Gasteiger partial charge in [-0.25, -0.2) is 14.1 Å². The van der Waals surface area contributed by atoms with Crippen LogP contribution in [0.5, 0.6) is 0 Å². The van der Waals surface area contributed by atoms with E-state index in [1.54, 1.807) is 23.7 Å². The normalized spacial score (nSPS) is 11.4. The highest BCUT2D eigenvalue weighted by atomic mass is 35.5. The van der Waals surface area contributed by atoms with Gasteiger partial charge in [-0.05, 0) is 45.0 Å². The zero-order valence-corrected chi connectivity index (χ0v) is 17.0. The van der Waals surface area contributed by atoms with Gasteiger partial charge in [0.05, 0.1) is 53.5 Å². The van der Waals surface area contributed by atoms with E-state index in [1.165, 1.54) is 23.2 Å². The van der Waals surface area contributed by atoms with Gasteiger partial charge in [-0.15, -0.1) is 0 Å². The van der Waals surface area contributed by atoms with Crippen LogP contribution < -0.4 is 10.2 Å². The number of nitrogens with one attached hydrogen (secondary N) is 2. The maximum absolute atomic E-state index is 13.2. The van der Waals surface area contributed by atoms with Crippen LogP contribution in [0, 0.1) is 12.7 Å². The molecule has 1 amide bonds. The molecule has 2 heterocycles. The Labute approximate surface area is 168 Å². The molecule has 8 heteroatoms. The average molecular weight is 405 g/mol. The zero-order valence-electron chi connectivity index (χ0n) is 16.2. The minimum Gasteiger partial charge on any atom is -0.346 e. The number of nitrogens with zero attached hydrogens (tertiary/aromatic N) is 3. The third-order valence-electron chi connectivity index (χ3n) is 4.89. The molecular formula is C20H24ClFN5O+. The summed E-state index contributed by atoms with van der Waals surface area (Å²) in [5.41, 5.74) is 2.17. The van der Waals surface area contributed by atoms with Crippen molar-refractivity contribution in [2.75, 3.05) is 26.2 Å². The summed E-state index contributed by atoms with van der Waals surface area (Å²) in [5, 5.41) is 8.33. The first kappa shape index (κ1) is 20.2. The fourth-order valence-electron chi connectivity index (χ4n) is 3.18. The molecule has 0 bridgehead atoms. The number of carbonyl (C=O) groups excluding carboxylic acids is 1. The second kappa shape index (κ2) is 8.67. The van der Waals surface area contributed by atoms with Crippen molar-refractivity contribution in [1.29, 1.82) is 0 Å². The lowest BCUT2D eigenvalue weighted by Crippen LogP contribution is -3.12. The van der Waals surface area contributed by atoms with E-state index >= 15 is 0 Å². The van der Waals surface area contributed by atoms with E-state index in [0.717, 1.165) is 19.6 Å². The highest BCUT2D eigenvalue weighted by molar-refractivity contribution is 6.38. The monoisotopic (exact) mass is 404 g/mol. The van der Waals surface area contributed by atoms with Crippen molar-refractivity contribution in [3.8, 4) is 5.69 Å². The molecule has 2 N–H and O–H groups in total. The molecule has 0 unspecified atom stereocenters. The van der Waals surface area contributed by atoms with Gasteiger partial charge in [0, 0.05) is 6.20 Å². The first-order valence-corrected chi connectivity index (χ1v) is 9.75. The van der Waals surface area contributed by atoms with Crippen LogP contribution in [0.15, 0.2) is 30.5 Å². The molecule has 3 aromatic rings. The van der Waals surface area contributed by atoms with E-state index in [2.05, 4.69) is 29.2 Å². The van der Waals surface area contributed by atoms with Gasteiger partial charge in [-0.2, -0.15) is 5.10 Å². The Morgan fingerprint density at radius 1 is 1.25 bits per heavy atom. The van der Waals surface area contributed by atoms with Crippen molar-refractivity contribution in [1.82, 2.24) is 20.1 Å². The number of hydrogen-bond donors (Lipinski definition) is 2. The Kier molecular flexibility index (Phi) is 6.26. The SMILES string of the molecule is CC[NH+](CC)CCNC(=O)c1cnc2c(c(C)nn2-c2ccc(F)cc2)c1Cl. The summed E-state index contributed by atoms with van der Waals surface area (Å²) >= 11 is 6.54. The standard InChI is InChI=1S/C20H23ClFN5O/c1-4-26(5-2)11-10-23-20(28)16-12-24-19-17(18(16)21)13(3)25-27(19)15-8-6-14(22)7-9-15/h6-9,12H,4-5,10-11H2,1-3H3,(H,23,28)/p+1. The molecule has 148 valence electrons. The van der Waals surface area contributed by atoms with Crippen LogP contribution in [0.3, 0.4) is 0 Å². The zero-order chi connectivity index (χ0) is 20.3. The second-order valence-electron chi connectivity index (χ2n) is 6.62. The quantitative estimate of drug-likeness (QED) is 0.634. The minimum absolute atomic E-state index is 0.250. The van der Waals surface area contributed by atoms with Gasteiger partial charge >= 0.3 is 0 Å². The molecule has 0 aliphatic rings. The van der Waals surface area contributed by atoms with Gasteiger partial charge in [0.1, 0.15) is 5.82 Å². The van der Waals surface area contributed by atoms with Gasteiger partial charge in [0.2, 0.25) is 0 Å². The summed E-state index contributed by atoms with van der Waals surface area (Å²) in [6, 6.07) is 5.96. The van der Waals surface area contributed by atoms with E-state index < -0.39 is 0 Å².